The van der Waals surface area contributed by atoms with Crippen molar-refractivity contribution in [1.29, 1.82) is 0 Å². The summed E-state index contributed by atoms with van der Waals surface area (Å²) in [6.45, 7) is 0. The maximum absolute atomic E-state index is 6.29. The van der Waals surface area contributed by atoms with Crippen LogP contribution in [0, 0.1) is 0 Å². The SMILES string of the molecule is COc1ccc2cc([C@@H](N)c3cccs3)ccc2c1. The van der Waals surface area contributed by atoms with E-state index < -0.39 is 0 Å². The fourth-order valence-corrected chi connectivity index (χ4v) is 2.95. The number of rotatable bonds is 3. The van der Waals surface area contributed by atoms with Crippen LogP contribution in [0.1, 0.15) is 16.5 Å². The zero-order valence-corrected chi connectivity index (χ0v) is 11.5. The van der Waals surface area contributed by atoms with Crippen molar-refractivity contribution >= 4 is 22.1 Å². The van der Waals surface area contributed by atoms with E-state index in [0.29, 0.717) is 0 Å². The van der Waals surface area contributed by atoms with Gasteiger partial charge in [0.15, 0.2) is 0 Å². The lowest BCUT2D eigenvalue weighted by Crippen LogP contribution is -2.09. The molecule has 96 valence electrons. The average molecular weight is 269 g/mol. The Morgan fingerprint density at radius 3 is 2.58 bits per heavy atom. The number of nitrogens with two attached hydrogens (primary N) is 1. The molecule has 0 saturated heterocycles. The van der Waals surface area contributed by atoms with Crippen LogP contribution in [-0.4, -0.2) is 7.11 Å². The average Bonchev–Trinajstić information content (AvgIpc) is 2.99. The molecule has 3 aromatic rings. The lowest BCUT2D eigenvalue weighted by molar-refractivity contribution is 0.415. The van der Waals surface area contributed by atoms with Crippen molar-refractivity contribution in [3.8, 4) is 5.75 Å². The van der Waals surface area contributed by atoms with Gasteiger partial charge in [-0.2, -0.15) is 0 Å². The zero-order valence-electron chi connectivity index (χ0n) is 10.7. The minimum Gasteiger partial charge on any atom is -0.497 e. The van der Waals surface area contributed by atoms with E-state index in [2.05, 4.69) is 35.7 Å². The molecule has 2 aromatic carbocycles. The van der Waals surface area contributed by atoms with Crippen molar-refractivity contribution in [1.82, 2.24) is 0 Å². The Bertz CT molecular complexity index is 691. The molecule has 0 unspecified atom stereocenters. The van der Waals surface area contributed by atoms with Crippen LogP contribution in [0.15, 0.2) is 53.9 Å². The summed E-state index contributed by atoms with van der Waals surface area (Å²) in [6, 6.07) is 16.5. The molecule has 2 N–H and O–H groups in total. The highest BCUT2D eigenvalue weighted by Gasteiger charge is 2.10. The normalized spacial score (nSPS) is 12.5. The number of hydrogen-bond donors (Lipinski definition) is 1. The molecule has 0 aliphatic rings. The third-order valence-electron chi connectivity index (χ3n) is 3.28. The van der Waals surface area contributed by atoms with Crippen molar-refractivity contribution in [2.75, 3.05) is 7.11 Å². The molecule has 0 bridgehead atoms. The topological polar surface area (TPSA) is 35.2 Å². The minimum atomic E-state index is -0.0495. The molecule has 0 fully saturated rings. The maximum atomic E-state index is 6.29. The summed E-state index contributed by atoms with van der Waals surface area (Å²) < 4.78 is 5.24. The van der Waals surface area contributed by atoms with Crippen LogP contribution in [0.4, 0.5) is 0 Å². The van der Waals surface area contributed by atoms with Crippen LogP contribution in [0.5, 0.6) is 5.75 Å². The first kappa shape index (κ1) is 12.2. The number of fused-ring (bicyclic) bond motifs is 1. The molecule has 0 saturated carbocycles. The van der Waals surface area contributed by atoms with Gasteiger partial charge in [-0.3, -0.25) is 0 Å². The molecule has 1 aromatic heterocycles. The Labute approximate surface area is 116 Å². The molecule has 0 aliphatic heterocycles. The first-order valence-corrected chi connectivity index (χ1v) is 7.02. The van der Waals surface area contributed by atoms with Crippen molar-refractivity contribution in [2.24, 2.45) is 5.73 Å². The Morgan fingerprint density at radius 1 is 1.05 bits per heavy atom. The molecule has 0 amide bonds. The summed E-state index contributed by atoms with van der Waals surface area (Å²) >= 11 is 1.69. The summed E-state index contributed by atoms with van der Waals surface area (Å²) in [6.07, 6.45) is 0. The Kier molecular flexibility index (Phi) is 3.23. The van der Waals surface area contributed by atoms with Gasteiger partial charge in [0, 0.05) is 4.88 Å². The summed E-state index contributed by atoms with van der Waals surface area (Å²) in [7, 11) is 1.68. The summed E-state index contributed by atoms with van der Waals surface area (Å²) in [4.78, 5) is 1.19. The van der Waals surface area contributed by atoms with E-state index in [0.717, 1.165) is 11.3 Å². The van der Waals surface area contributed by atoms with Crippen molar-refractivity contribution in [2.45, 2.75) is 6.04 Å². The van der Waals surface area contributed by atoms with E-state index in [1.807, 2.05) is 18.2 Å². The van der Waals surface area contributed by atoms with Crippen LogP contribution in [0.2, 0.25) is 0 Å². The number of thiophene rings is 1. The smallest absolute Gasteiger partial charge is 0.119 e. The molecule has 3 rings (SSSR count). The Hall–Kier alpha value is -1.84. The van der Waals surface area contributed by atoms with Gasteiger partial charge in [0.2, 0.25) is 0 Å². The van der Waals surface area contributed by atoms with E-state index in [1.54, 1.807) is 18.4 Å². The third kappa shape index (κ3) is 2.35. The van der Waals surface area contributed by atoms with E-state index >= 15 is 0 Å². The van der Waals surface area contributed by atoms with E-state index in [4.69, 9.17) is 10.5 Å². The fourth-order valence-electron chi connectivity index (χ4n) is 2.20. The third-order valence-corrected chi connectivity index (χ3v) is 4.24. The summed E-state index contributed by atoms with van der Waals surface area (Å²) in [5, 5.41) is 4.41. The first-order valence-electron chi connectivity index (χ1n) is 6.14. The van der Waals surface area contributed by atoms with Crippen LogP contribution in [0.25, 0.3) is 10.8 Å². The number of methoxy groups -OCH3 is 1. The summed E-state index contributed by atoms with van der Waals surface area (Å²) in [5.41, 5.74) is 7.43. The predicted octanol–water partition coefficient (Wildman–Crippen LogP) is 3.96. The first-order chi connectivity index (χ1) is 9.28. The molecular weight excluding hydrogens is 254 g/mol. The standard InChI is InChI=1S/C16H15NOS/c1-18-14-7-6-11-9-13(5-4-12(11)10-14)16(17)15-3-2-8-19-15/h2-10,16H,17H2,1H3/t16-/m1/s1. The quantitative estimate of drug-likeness (QED) is 0.781. The van der Waals surface area contributed by atoms with E-state index in [9.17, 15) is 0 Å². The van der Waals surface area contributed by atoms with Gasteiger partial charge in [-0.05, 0) is 46.0 Å². The molecule has 0 spiro atoms. The fraction of sp³-hybridized carbons (Fsp3) is 0.125. The number of hydrogen-bond acceptors (Lipinski definition) is 3. The second-order valence-electron chi connectivity index (χ2n) is 4.47. The second-order valence-corrected chi connectivity index (χ2v) is 5.44. The van der Waals surface area contributed by atoms with E-state index in [-0.39, 0.29) is 6.04 Å². The van der Waals surface area contributed by atoms with Crippen molar-refractivity contribution in [3.05, 3.63) is 64.4 Å². The van der Waals surface area contributed by atoms with Gasteiger partial charge in [0.05, 0.1) is 13.2 Å². The predicted molar refractivity (Wildman–Crippen MR) is 80.8 cm³/mol. The molecular formula is C16H15NOS. The molecule has 0 radical (unpaired) electrons. The zero-order chi connectivity index (χ0) is 13.2. The van der Waals surface area contributed by atoms with Gasteiger partial charge in [-0.1, -0.05) is 24.3 Å². The van der Waals surface area contributed by atoms with E-state index in [1.165, 1.54) is 15.6 Å². The highest BCUT2D eigenvalue weighted by Crippen LogP contribution is 2.28. The van der Waals surface area contributed by atoms with Crippen LogP contribution in [-0.2, 0) is 0 Å². The lowest BCUT2D eigenvalue weighted by Gasteiger charge is -2.11. The molecule has 1 atom stereocenters. The maximum Gasteiger partial charge on any atom is 0.119 e. The second kappa shape index (κ2) is 5.03. The van der Waals surface area contributed by atoms with Gasteiger partial charge < -0.3 is 10.5 Å². The van der Waals surface area contributed by atoms with Gasteiger partial charge in [-0.15, -0.1) is 11.3 Å². The van der Waals surface area contributed by atoms with Crippen molar-refractivity contribution in [3.63, 3.8) is 0 Å². The molecule has 19 heavy (non-hydrogen) atoms. The van der Waals surface area contributed by atoms with Gasteiger partial charge in [0.1, 0.15) is 5.75 Å². The van der Waals surface area contributed by atoms with Crippen LogP contribution < -0.4 is 10.5 Å². The lowest BCUT2D eigenvalue weighted by atomic mass is 10.0. The monoisotopic (exact) mass is 269 g/mol. The largest absolute Gasteiger partial charge is 0.497 e. The number of ether oxygens (including phenoxy) is 1. The molecule has 0 aliphatic carbocycles. The van der Waals surface area contributed by atoms with Gasteiger partial charge in [-0.25, -0.2) is 0 Å². The van der Waals surface area contributed by atoms with Gasteiger partial charge in [0.25, 0.3) is 0 Å². The van der Waals surface area contributed by atoms with Gasteiger partial charge >= 0.3 is 0 Å². The Balaban J connectivity index is 2.02. The Morgan fingerprint density at radius 2 is 1.84 bits per heavy atom. The summed E-state index contributed by atoms with van der Waals surface area (Å²) in [5.74, 6) is 0.878. The van der Waals surface area contributed by atoms with Crippen LogP contribution >= 0.6 is 11.3 Å². The molecule has 1 heterocycles. The highest BCUT2D eigenvalue weighted by molar-refractivity contribution is 7.10. The molecule has 3 heteroatoms. The minimum absolute atomic E-state index is 0.0495. The molecule has 2 nitrogen and oxygen atoms in total. The highest BCUT2D eigenvalue weighted by atomic mass is 32.1. The van der Waals surface area contributed by atoms with Crippen molar-refractivity contribution < 1.29 is 4.74 Å². The van der Waals surface area contributed by atoms with Crippen LogP contribution in [0.3, 0.4) is 0 Å². The number of benzene rings is 2.